The molecule has 0 aromatic heterocycles. The summed E-state index contributed by atoms with van der Waals surface area (Å²) in [7, 11) is 1.64. The Bertz CT molecular complexity index is 468. The van der Waals surface area contributed by atoms with Gasteiger partial charge in [0.1, 0.15) is 0 Å². The molecule has 0 bridgehead atoms. The lowest BCUT2D eigenvalue weighted by Crippen LogP contribution is -2.29. The van der Waals surface area contributed by atoms with Crippen molar-refractivity contribution >= 4 is 40.6 Å². The zero-order chi connectivity index (χ0) is 14.3. The summed E-state index contributed by atoms with van der Waals surface area (Å²) in [5.41, 5.74) is 0.699. The summed E-state index contributed by atoms with van der Waals surface area (Å²) >= 11 is 11.1. The van der Waals surface area contributed by atoms with Crippen molar-refractivity contribution in [3.63, 3.8) is 0 Å². The van der Waals surface area contributed by atoms with E-state index in [0.29, 0.717) is 29.0 Å². The molecular weight excluding hydrogens is 288 g/mol. The summed E-state index contributed by atoms with van der Waals surface area (Å²) < 4.78 is 4.92. The number of methoxy groups -OCH3 is 1. The van der Waals surface area contributed by atoms with Gasteiger partial charge < -0.3 is 20.5 Å². The van der Waals surface area contributed by atoms with Crippen LogP contribution in [0.1, 0.15) is 16.8 Å². The predicted octanol–water partition coefficient (Wildman–Crippen LogP) is 2.36. The molecule has 0 saturated carbocycles. The molecule has 0 unspecified atom stereocenters. The van der Waals surface area contributed by atoms with E-state index >= 15 is 0 Å². The number of nitrogens with one attached hydrogen (secondary N) is 2. The van der Waals surface area contributed by atoms with Gasteiger partial charge in [-0.1, -0.05) is 11.6 Å². The summed E-state index contributed by atoms with van der Waals surface area (Å²) in [5, 5.41) is 15.5. The third-order valence-electron chi connectivity index (χ3n) is 2.28. The molecule has 0 heterocycles. The molecular formula is C12H15ClN2O3S. The molecule has 0 atom stereocenters. The van der Waals surface area contributed by atoms with E-state index in [1.165, 1.54) is 12.1 Å². The third kappa shape index (κ3) is 5.42. The average Bonchev–Trinajstić information content (AvgIpc) is 2.37. The van der Waals surface area contributed by atoms with Gasteiger partial charge in [-0.2, -0.15) is 0 Å². The number of thiocarbonyl (C=S) groups is 1. The number of rotatable bonds is 6. The van der Waals surface area contributed by atoms with Crippen LogP contribution in [0.15, 0.2) is 18.2 Å². The highest BCUT2D eigenvalue weighted by Gasteiger charge is 2.07. The Kier molecular flexibility index (Phi) is 6.55. The summed E-state index contributed by atoms with van der Waals surface area (Å²) in [6.45, 7) is 1.34. The summed E-state index contributed by atoms with van der Waals surface area (Å²) in [6, 6.07) is 4.42. The van der Waals surface area contributed by atoms with Gasteiger partial charge in [0.2, 0.25) is 0 Å². The maximum atomic E-state index is 10.8. The Morgan fingerprint density at radius 3 is 2.84 bits per heavy atom. The van der Waals surface area contributed by atoms with Crippen LogP contribution in [0.4, 0.5) is 5.69 Å². The van der Waals surface area contributed by atoms with Crippen molar-refractivity contribution in [3.8, 4) is 0 Å². The van der Waals surface area contributed by atoms with E-state index in [1.54, 1.807) is 13.2 Å². The van der Waals surface area contributed by atoms with Crippen LogP contribution >= 0.6 is 23.8 Å². The zero-order valence-corrected chi connectivity index (χ0v) is 12.0. The van der Waals surface area contributed by atoms with Crippen LogP contribution in [0.3, 0.4) is 0 Å². The van der Waals surface area contributed by atoms with Gasteiger partial charge in [-0.15, -0.1) is 0 Å². The minimum atomic E-state index is -1.02. The summed E-state index contributed by atoms with van der Waals surface area (Å²) in [4.78, 5) is 10.8. The smallest absolute Gasteiger partial charge is 0.335 e. The lowest BCUT2D eigenvalue weighted by molar-refractivity contribution is 0.0697. The highest BCUT2D eigenvalue weighted by molar-refractivity contribution is 7.80. The number of carbonyl (C=O) groups is 1. The number of aromatic carboxylic acids is 1. The van der Waals surface area contributed by atoms with Gasteiger partial charge >= 0.3 is 5.97 Å². The maximum absolute atomic E-state index is 10.8. The molecule has 1 aromatic rings. The minimum Gasteiger partial charge on any atom is -0.478 e. The number of carboxylic acids is 1. The molecule has 0 spiro atoms. The number of ether oxygens (including phenoxy) is 1. The van der Waals surface area contributed by atoms with Gasteiger partial charge in [-0.3, -0.25) is 0 Å². The van der Waals surface area contributed by atoms with Crippen molar-refractivity contribution in [1.29, 1.82) is 0 Å². The van der Waals surface area contributed by atoms with Crippen molar-refractivity contribution in [1.82, 2.24) is 5.32 Å². The molecule has 5 nitrogen and oxygen atoms in total. The van der Waals surface area contributed by atoms with Crippen molar-refractivity contribution in [2.75, 3.05) is 25.6 Å². The van der Waals surface area contributed by atoms with Crippen molar-refractivity contribution in [2.24, 2.45) is 0 Å². The SMILES string of the molecule is COCCCNC(=S)Nc1ccc(C(=O)O)cc1Cl. The van der Waals surface area contributed by atoms with Crippen LogP contribution in [-0.2, 0) is 4.74 Å². The Hall–Kier alpha value is -1.37. The van der Waals surface area contributed by atoms with E-state index in [-0.39, 0.29) is 5.56 Å². The Balaban J connectivity index is 2.52. The highest BCUT2D eigenvalue weighted by atomic mass is 35.5. The molecule has 7 heteroatoms. The second-order valence-electron chi connectivity index (χ2n) is 3.73. The molecule has 0 fully saturated rings. The van der Waals surface area contributed by atoms with Crippen LogP contribution in [0.25, 0.3) is 0 Å². The molecule has 0 aliphatic carbocycles. The quantitative estimate of drug-likeness (QED) is 0.553. The Morgan fingerprint density at radius 1 is 1.53 bits per heavy atom. The molecule has 3 N–H and O–H groups in total. The second-order valence-corrected chi connectivity index (χ2v) is 4.54. The fraction of sp³-hybridized carbons (Fsp3) is 0.333. The number of anilines is 1. The molecule has 0 aliphatic rings. The maximum Gasteiger partial charge on any atom is 0.335 e. The molecule has 0 amide bonds. The first-order valence-electron chi connectivity index (χ1n) is 5.61. The fourth-order valence-corrected chi connectivity index (χ4v) is 1.77. The van der Waals surface area contributed by atoms with E-state index in [2.05, 4.69) is 10.6 Å². The topological polar surface area (TPSA) is 70.6 Å². The van der Waals surface area contributed by atoms with Gasteiger partial charge in [-0.25, -0.2) is 4.79 Å². The molecule has 1 aromatic carbocycles. The minimum absolute atomic E-state index is 0.134. The van der Waals surface area contributed by atoms with Gasteiger partial charge in [0.15, 0.2) is 5.11 Å². The summed E-state index contributed by atoms with van der Waals surface area (Å²) in [6.07, 6.45) is 0.837. The van der Waals surface area contributed by atoms with Crippen molar-refractivity contribution < 1.29 is 14.6 Å². The largest absolute Gasteiger partial charge is 0.478 e. The first-order chi connectivity index (χ1) is 9.04. The van der Waals surface area contributed by atoms with Crippen LogP contribution in [0.5, 0.6) is 0 Å². The highest BCUT2D eigenvalue weighted by Crippen LogP contribution is 2.22. The zero-order valence-electron chi connectivity index (χ0n) is 10.4. The molecule has 0 radical (unpaired) electrons. The number of carboxylic acid groups (broad SMARTS) is 1. The number of hydrogen-bond acceptors (Lipinski definition) is 3. The van der Waals surface area contributed by atoms with Crippen molar-refractivity contribution in [2.45, 2.75) is 6.42 Å². The normalized spacial score (nSPS) is 10.0. The number of halogens is 1. The van der Waals surface area contributed by atoms with E-state index in [1.807, 2.05) is 0 Å². The van der Waals surface area contributed by atoms with Crippen molar-refractivity contribution in [3.05, 3.63) is 28.8 Å². The molecule has 1 rings (SSSR count). The summed E-state index contributed by atoms with van der Waals surface area (Å²) in [5.74, 6) is -1.02. The Morgan fingerprint density at radius 2 is 2.26 bits per heavy atom. The lowest BCUT2D eigenvalue weighted by Gasteiger charge is -2.11. The van der Waals surface area contributed by atoms with E-state index < -0.39 is 5.97 Å². The van der Waals surface area contributed by atoms with Crippen LogP contribution in [-0.4, -0.2) is 36.4 Å². The predicted molar refractivity (Wildman–Crippen MR) is 79.1 cm³/mol. The first kappa shape index (κ1) is 15.7. The lowest BCUT2D eigenvalue weighted by atomic mass is 10.2. The first-order valence-corrected chi connectivity index (χ1v) is 6.40. The molecule has 19 heavy (non-hydrogen) atoms. The molecule has 0 aliphatic heterocycles. The monoisotopic (exact) mass is 302 g/mol. The molecule has 0 saturated heterocycles. The fourth-order valence-electron chi connectivity index (χ4n) is 1.33. The number of benzene rings is 1. The van der Waals surface area contributed by atoms with E-state index in [0.717, 1.165) is 6.42 Å². The van der Waals surface area contributed by atoms with E-state index in [9.17, 15) is 4.79 Å². The van der Waals surface area contributed by atoms with Crippen LogP contribution in [0.2, 0.25) is 5.02 Å². The standard InChI is InChI=1S/C12H15ClN2O3S/c1-18-6-2-5-14-12(19)15-10-4-3-8(11(16)17)7-9(10)13/h3-4,7H,2,5-6H2,1H3,(H,16,17)(H2,14,15,19). The average molecular weight is 303 g/mol. The molecule has 104 valence electrons. The third-order valence-corrected chi connectivity index (χ3v) is 2.83. The second kappa shape index (κ2) is 7.93. The van der Waals surface area contributed by atoms with Gasteiger partial charge in [0.25, 0.3) is 0 Å². The van der Waals surface area contributed by atoms with E-state index in [4.69, 9.17) is 33.7 Å². The van der Waals surface area contributed by atoms with Crippen LogP contribution < -0.4 is 10.6 Å². The van der Waals surface area contributed by atoms with Gasteiger partial charge in [0.05, 0.1) is 16.3 Å². The van der Waals surface area contributed by atoms with Gasteiger partial charge in [0, 0.05) is 20.3 Å². The Labute approximate surface area is 121 Å². The number of hydrogen-bond donors (Lipinski definition) is 3. The van der Waals surface area contributed by atoms with Crippen LogP contribution in [0, 0.1) is 0 Å². The van der Waals surface area contributed by atoms with Gasteiger partial charge in [-0.05, 0) is 36.8 Å².